The van der Waals surface area contributed by atoms with Crippen molar-refractivity contribution in [3.05, 3.63) is 59.5 Å². The van der Waals surface area contributed by atoms with E-state index in [-0.39, 0.29) is 5.56 Å². The highest BCUT2D eigenvalue weighted by Gasteiger charge is 2.16. The molecule has 0 saturated carbocycles. The zero-order chi connectivity index (χ0) is 17.4. The normalized spacial score (nSPS) is 17.7. The number of nitrogens with two attached hydrogens (primary N) is 1. The summed E-state index contributed by atoms with van der Waals surface area (Å²) in [5.41, 5.74) is 7.95. The first-order valence-corrected chi connectivity index (χ1v) is 8.44. The van der Waals surface area contributed by atoms with E-state index in [0.29, 0.717) is 16.9 Å². The van der Waals surface area contributed by atoms with Crippen LogP contribution in [0.5, 0.6) is 0 Å². The van der Waals surface area contributed by atoms with E-state index in [4.69, 9.17) is 5.73 Å². The number of carbonyl (C=O) groups excluding carboxylic acids is 1. The predicted molar refractivity (Wildman–Crippen MR) is 94.1 cm³/mol. The van der Waals surface area contributed by atoms with E-state index < -0.39 is 11.7 Å². The van der Waals surface area contributed by atoms with Gasteiger partial charge < -0.3 is 11.1 Å². The molecule has 1 saturated heterocycles. The number of halogens is 1. The Balaban J connectivity index is 1.69. The van der Waals surface area contributed by atoms with Gasteiger partial charge in [0.2, 0.25) is 0 Å². The van der Waals surface area contributed by atoms with Crippen LogP contribution in [0.3, 0.4) is 0 Å². The number of benzene rings is 2. The zero-order valence-electron chi connectivity index (χ0n) is 13.7. The molecule has 1 unspecified atom stereocenters. The van der Waals surface area contributed by atoms with E-state index in [1.54, 1.807) is 10.9 Å². The summed E-state index contributed by atoms with van der Waals surface area (Å²) in [5, 5.41) is 8.50. The number of nitrogens with zero attached hydrogens (tertiary/aromatic N) is 2. The standard InChI is InChI=1S/C19H19FN4O/c20-14-9-13-11-24(23-18(13)16(10-14)19(21)25)15-6-4-12(5-7-15)17-3-1-2-8-22-17/h4-7,9-11,17,22H,1-3,8H2,(H2,21,25). The topological polar surface area (TPSA) is 72.9 Å². The number of aromatic nitrogens is 2. The number of amides is 1. The average molecular weight is 338 g/mol. The molecule has 2 aromatic carbocycles. The molecule has 1 aromatic heterocycles. The van der Waals surface area contributed by atoms with Gasteiger partial charge >= 0.3 is 0 Å². The third-order valence-electron chi connectivity index (χ3n) is 4.71. The van der Waals surface area contributed by atoms with Crippen molar-refractivity contribution in [1.82, 2.24) is 15.1 Å². The van der Waals surface area contributed by atoms with Crippen LogP contribution in [0.25, 0.3) is 16.6 Å². The number of rotatable bonds is 3. The fraction of sp³-hybridized carbons (Fsp3) is 0.263. The monoisotopic (exact) mass is 338 g/mol. The van der Waals surface area contributed by atoms with Crippen LogP contribution >= 0.6 is 0 Å². The van der Waals surface area contributed by atoms with Crippen molar-refractivity contribution in [2.75, 3.05) is 6.54 Å². The predicted octanol–water partition coefficient (Wildman–Crippen LogP) is 3.08. The summed E-state index contributed by atoms with van der Waals surface area (Å²) in [6.07, 6.45) is 5.32. The maximum atomic E-state index is 13.7. The van der Waals surface area contributed by atoms with E-state index in [2.05, 4.69) is 22.5 Å². The molecule has 0 bridgehead atoms. The van der Waals surface area contributed by atoms with Crippen molar-refractivity contribution in [3.8, 4) is 5.69 Å². The number of hydrogen-bond acceptors (Lipinski definition) is 3. The Morgan fingerprint density at radius 3 is 2.72 bits per heavy atom. The maximum Gasteiger partial charge on any atom is 0.251 e. The Morgan fingerprint density at radius 2 is 2.04 bits per heavy atom. The summed E-state index contributed by atoms with van der Waals surface area (Å²) < 4.78 is 15.3. The fourth-order valence-corrected chi connectivity index (χ4v) is 3.41. The van der Waals surface area contributed by atoms with Gasteiger partial charge in [-0.3, -0.25) is 4.79 Å². The molecule has 0 radical (unpaired) electrons. The Morgan fingerprint density at radius 1 is 1.24 bits per heavy atom. The Kier molecular flexibility index (Phi) is 3.97. The summed E-state index contributed by atoms with van der Waals surface area (Å²) in [6, 6.07) is 11.0. The molecule has 25 heavy (non-hydrogen) atoms. The molecule has 0 spiro atoms. The number of primary amides is 1. The summed E-state index contributed by atoms with van der Waals surface area (Å²) in [4.78, 5) is 11.5. The van der Waals surface area contributed by atoms with Crippen molar-refractivity contribution in [2.24, 2.45) is 5.73 Å². The molecule has 128 valence electrons. The Bertz CT molecular complexity index is 926. The summed E-state index contributed by atoms with van der Waals surface area (Å²) in [7, 11) is 0. The first-order chi connectivity index (χ1) is 12.1. The molecule has 0 aliphatic carbocycles. The van der Waals surface area contributed by atoms with Gasteiger partial charge in [0.25, 0.3) is 5.91 Å². The van der Waals surface area contributed by atoms with Gasteiger partial charge in [-0.1, -0.05) is 18.6 Å². The number of piperidine rings is 1. The summed E-state index contributed by atoms with van der Waals surface area (Å²) >= 11 is 0. The molecule has 1 atom stereocenters. The number of hydrogen-bond donors (Lipinski definition) is 2. The van der Waals surface area contributed by atoms with E-state index in [0.717, 1.165) is 24.7 Å². The van der Waals surface area contributed by atoms with Crippen LogP contribution in [-0.4, -0.2) is 22.2 Å². The molecule has 3 aromatic rings. The summed E-state index contributed by atoms with van der Waals surface area (Å²) in [6.45, 7) is 1.05. The third kappa shape index (κ3) is 3.00. The molecule has 4 rings (SSSR count). The first-order valence-electron chi connectivity index (χ1n) is 8.44. The quantitative estimate of drug-likeness (QED) is 0.771. The van der Waals surface area contributed by atoms with Crippen LogP contribution in [0.15, 0.2) is 42.6 Å². The molecular weight excluding hydrogens is 319 g/mol. The van der Waals surface area contributed by atoms with Crippen LogP contribution in [0.1, 0.15) is 41.2 Å². The van der Waals surface area contributed by atoms with Gasteiger partial charge in [-0.15, -0.1) is 0 Å². The van der Waals surface area contributed by atoms with E-state index in [9.17, 15) is 9.18 Å². The lowest BCUT2D eigenvalue weighted by molar-refractivity contribution is 0.100. The highest BCUT2D eigenvalue weighted by atomic mass is 19.1. The number of fused-ring (bicyclic) bond motifs is 1. The minimum atomic E-state index is -0.687. The smallest absolute Gasteiger partial charge is 0.251 e. The molecule has 1 fully saturated rings. The second-order valence-electron chi connectivity index (χ2n) is 6.42. The van der Waals surface area contributed by atoms with Gasteiger partial charge in [0.05, 0.1) is 11.3 Å². The van der Waals surface area contributed by atoms with E-state index in [1.807, 2.05) is 12.1 Å². The van der Waals surface area contributed by atoms with Crippen molar-refractivity contribution in [2.45, 2.75) is 25.3 Å². The average Bonchev–Trinajstić information content (AvgIpc) is 3.05. The van der Waals surface area contributed by atoms with Gasteiger partial charge in [0.1, 0.15) is 11.3 Å². The van der Waals surface area contributed by atoms with Gasteiger partial charge in [0, 0.05) is 17.6 Å². The zero-order valence-corrected chi connectivity index (χ0v) is 13.7. The second-order valence-corrected chi connectivity index (χ2v) is 6.42. The first kappa shape index (κ1) is 15.8. The van der Waals surface area contributed by atoms with Gasteiger partial charge in [-0.05, 0) is 49.2 Å². The van der Waals surface area contributed by atoms with E-state index in [1.165, 1.54) is 24.5 Å². The molecule has 1 aliphatic rings. The van der Waals surface area contributed by atoms with E-state index >= 15 is 0 Å². The van der Waals surface area contributed by atoms with Crippen molar-refractivity contribution in [1.29, 1.82) is 0 Å². The molecule has 6 heteroatoms. The van der Waals surface area contributed by atoms with Crippen LogP contribution in [0.2, 0.25) is 0 Å². The summed E-state index contributed by atoms with van der Waals surface area (Å²) in [5.74, 6) is -1.19. The minimum Gasteiger partial charge on any atom is -0.366 e. The van der Waals surface area contributed by atoms with Crippen LogP contribution in [-0.2, 0) is 0 Å². The minimum absolute atomic E-state index is 0.0942. The fourth-order valence-electron chi connectivity index (χ4n) is 3.41. The lowest BCUT2D eigenvalue weighted by Gasteiger charge is -2.23. The molecule has 1 amide bonds. The van der Waals surface area contributed by atoms with Gasteiger partial charge in [0.15, 0.2) is 0 Å². The van der Waals surface area contributed by atoms with Crippen LogP contribution < -0.4 is 11.1 Å². The second kappa shape index (κ2) is 6.29. The highest BCUT2D eigenvalue weighted by molar-refractivity contribution is 6.04. The third-order valence-corrected chi connectivity index (χ3v) is 4.71. The Hall–Kier alpha value is -2.73. The molecule has 5 nitrogen and oxygen atoms in total. The lowest BCUT2D eigenvalue weighted by atomic mass is 9.97. The lowest BCUT2D eigenvalue weighted by Crippen LogP contribution is -2.26. The van der Waals surface area contributed by atoms with Crippen LogP contribution in [0.4, 0.5) is 4.39 Å². The van der Waals surface area contributed by atoms with Crippen LogP contribution in [0, 0.1) is 5.82 Å². The largest absolute Gasteiger partial charge is 0.366 e. The van der Waals surface area contributed by atoms with Crippen molar-refractivity contribution >= 4 is 16.8 Å². The SMILES string of the molecule is NC(=O)c1cc(F)cc2cn(-c3ccc(C4CCCCN4)cc3)nc12. The Labute approximate surface area is 144 Å². The van der Waals surface area contributed by atoms with Crippen molar-refractivity contribution < 1.29 is 9.18 Å². The highest BCUT2D eigenvalue weighted by Crippen LogP contribution is 2.25. The molecule has 1 aliphatic heterocycles. The molecular formula is C19H19FN4O. The van der Waals surface area contributed by atoms with Gasteiger partial charge in [-0.2, -0.15) is 5.10 Å². The van der Waals surface area contributed by atoms with Crippen molar-refractivity contribution in [3.63, 3.8) is 0 Å². The maximum absolute atomic E-state index is 13.7. The molecule has 3 N–H and O–H groups in total. The molecule has 2 heterocycles. The number of carbonyl (C=O) groups is 1. The number of nitrogens with one attached hydrogen (secondary N) is 1. The van der Waals surface area contributed by atoms with Gasteiger partial charge in [-0.25, -0.2) is 9.07 Å².